The van der Waals surface area contributed by atoms with Crippen LogP contribution in [0.15, 0.2) is 24.3 Å². The molecular weight excluding hydrogens is 274 g/mol. The van der Waals surface area contributed by atoms with Gasteiger partial charge in [-0.3, -0.25) is 9.69 Å². The zero-order valence-corrected chi connectivity index (χ0v) is 12.0. The minimum atomic E-state index is -0.969. The summed E-state index contributed by atoms with van der Waals surface area (Å²) >= 11 is 0. The van der Waals surface area contributed by atoms with E-state index in [1.54, 1.807) is 19.1 Å². The molecule has 0 spiro atoms. The number of amides is 1. The molecule has 1 amide bonds. The average molecular weight is 291 g/mol. The van der Waals surface area contributed by atoms with Crippen LogP contribution in [0.1, 0.15) is 18.9 Å². The van der Waals surface area contributed by atoms with Crippen molar-refractivity contribution in [3.8, 4) is 0 Å². The van der Waals surface area contributed by atoms with Gasteiger partial charge in [0.25, 0.3) is 0 Å². The van der Waals surface area contributed by atoms with E-state index in [1.165, 1.54) is 12.0 Å². The summed E-state index contributed by atoms with van der Waals surface area (Å²) in [7, 11) is 1.26. The van der Waals surface area contributed by atoms with Gasteiger partial charge in [-0.05, 0) is 31.4 Å². The summed E-state index contributed by atoms with van der Waals surface area (Å²) in [5, 5.41) is 0. The molecule has 21 heavy (non-hydrogen) atoms. The molecule has 2 rings (SSSR count). The Kier molecular flexibility index (Phi) is 4.57. The number of carbonyl (C=O) groups excluding carboxylic acids is 3. The van der Waals surface area contributed by atoms with Crippen LogP contribution in [-0.4, -0.2) is 37.6 Å². The second-order valence-electron chi connectivity index (χ2n) is 4.60. The Hall–Kier alpha value is -2.37. The maximum Gasteiger partial charge on any atom is 0.397 e. The van der Waals surface area contributed by atoms with Crippen molar-refractivity contribution in [1.29, 1.82) is 0 Å². The van der Waals surface area contributed by atoms with Crippen molar-refractivity contribution in [2.75, 3.05) is 18.6 Å². The van der Waals surface area contributed by atoms with Gasteiger partial charge in [-0.2, -0.15) is 0 Å². The molecule has 112 valence electrons. The van der Waals surface area contributed by atoms with Crippen molar-refractivity contribution in [3.63, 3.8) is 0 Å². The topological polar surface area (TPSA) is 72.9 Å². The lowest BCUT2D eigenvalue weighted by Gasteiger charge is -2.34. The molecule has 0 aliphatic carbocycles. The van der Waals surface area contributed by atoms with Gasteiger partial charge in [0.2, 0.25) is 0 Å². The van der Waals surface area contributed by atoms with Crippen LogP contribution in [0, 0.1) is 0 Å². The largest absolute Gasteiger partial charge is 0.467 e. The number of rotatable bonds is 2. The van der Waals surface area contributed by atoms with Gasteiger partial charge in [0.05, 0.1) is 13.7 Å². The molecule has 1 aromatic carbocycles. The number of esters is 2. The first-order chi connectivity index (χ1) is 10.1. The highest BCUT2D eigenvalue weighted by molar-refractivity contribution is 6.39. The lowest BCUT2D eigenvalue weighted by molar-refractivity contribution is -0.154. The molecule has 0 N–H and O–H groups in total. The highest BCUT2D eigenvalue weighted by Gasteiger charge is 2.39. The number of methoxy groups -OCH3 is 1. The number of ether oxygens (including phenoxy) is 2. The number of carbonyl (C=O) groups is 3. The lowest BCUT2D eigenvalue weighted by Crippen LogP contribution is -2.51. The smallest absolute Gasteiger partial charge is 0.397 e. The van der Waals surface area contributed by atoms with Crippen LogP contribution in [0.5, 0.6) is 0 Å². The molecule has 0 bridgehead atoms. The zero-order chi connectivity index (χ0) is 15.4. The molecule has 1 atom stereocenters. The highest BCUT2D eigenvalue weighted by Crippen LogP contribution is 2.31. The van der Waals surface area contributed by atoms with E-state index in [0.29, 0.717) is 18.5 Å². The summed E-state index contributed by atoms with van der Waals surface area (Å²) in [5.41, 5.74) is 1.47. The average Bonchev–Trinajstić information content (AvgIpc) is 2.52. The molecule has 0 saturated heterocycles. The third-order valence-electron chi connectivity index (χ3n) is 3.39. The number of anilines is 1. The monoisotopic (exact) mass is 291 g/mol. The van der Waals surface area contributed by atoms with Gasteiger partial charge in [0.15, 0.2) is 0 Å². The zero-order valence-electron chi connectivity index (χ0n) is 12.0. The molecule has 0 aromatic heterocycles. The summed E-state index contributed by atoms with van der Waals surface area (Å²) in [6.07, 6.45) is 1.05. The summed E-state index contributed by atoms with van der Waals surface area (Å²) in [4.78, 5) is 37.2. The number of hydrogen-bond acceptors (Lipinski definition) is 5. The van der Waals surface area contributed by atoms with Crippen LogP contribution in [-0.2, 0) is 30.3 Å². The molecule has 6 nitrogen and oxygen atoms in total. The number of benzene rings is 1. The van der Waals surface area contributed by atoms with Gasteiger partial charge in [-0.15, -0.1) is 0 Å². The molecular formula is C15H17NO5. The van der Waals surface area contributed by atoms with E-state index in [9.17, 15) is 14.4 Å². The van der Waals surface area contributed by atoms with Crippen LogP contribution in [0.25, 0.3) is 0 Å². The number of aryl methyl sites for hydroxylation is 1. The number of hydrogen-bond donors (Lipinski definition) is 0. The fraction of sp³-hybridized carbons (Fsp3) is 0.400. The van der Waals surface area contributed by atoms with Crippen molar-refractivity contribution in [1.82, 2.24) is 0 Å². The van der Waals surface area contributed by atoms with E-state index >= 15 is 0 Å². The van der Waals surface area contributed by atoms with Gasteiger partial charge < -0.3 is 9.47 Å². The third-order valence-corrected chi connectivity index (χ3v) is 3.39. The maximum atomic E-state index is 12.3. The Morgan fingerprint density at radius 3 is 2.67 bits per heavy atom. The van der Waals surface area contributed by atoms with Crippen LogP contribution in [0.3, 0.4) is 0 Å². The Morgan fingerprint density at radius 2 is 2.00 bits per heavy atom. The van der Waals surface area contributed by atoms with Crippen molar-refractivity contribution in [2.24, 2.45) is 0 Å². The standard InChI is InChI=1S/C15H17NO5/c1-3-21-15(19)13(17)16-11-7-5-4-6-10(11)8-9-12(16)14(18)20-2/h4-7,12H,3,8-9H2,1-2H3. The Morgan fingerprint density at radius 1 is 1.29 bits per heavy atom. The van der Waals surface area contributed by atoms with E-state index in [-0.39, 0.29) is 6.61 Å². The van der Waals surface area contributed by atoms with Crippen LogP contribution in [0.2, 0.25) is 0 Å². The lowest BCUT2D eigenvalue weighted by atomic mass is 9.95. The second-order valence-corrected chi connectivity index (χ2v) is 4.60. The van der Waals surface area contributed by atoms with Crippen molar-refractivity contribution in [3.05, 3.63) is 29.8 Å². The molecule has 0 saturated carbocycles. The molecule has 1 aromatic rings. The van der Waals surface area contributed by atoms with Crippen molar-refractivity contribution >= 4 is 23.5 Å². The molecule has 6 heteroatoms. The molecule has 0 fully saturated rings. The van der Waals surface area contributed by atoms with Gasteiger partial charge in [-0.25, -0.2) is 9.59 Å². The molecule has 1 aliphatic heterocycles. The summed E-state index contributed by atoms with van der Waals surface area (Å²) < 4.78 is 9.49. The molecule has 1 unspecified atom stereocenters. The number of nitrogens with zero attached hydrogens (tertiary/aromatic N) is 1. The van der Waals surface area contributed by atoms with Crippen LogP contribution in [0.4, 0.5) is 5.69 Å². The van der Waals surface area contributed by atoms with Crippen molar-refractivity contribution < 1.29 is 23.9 Å². The van der Waals surface area contributed by atoms with Gasteiger partial charge in [0, 0.05) is 5.69 Å². The van der Waals surface area contributed by atoms with E-state index in [2.05, 4.69) is 0 Å². The van der Waals surface area contributed by atoms with Gasteiger partial charge in [0.1, 0.15) is 6.04 Å². The van der Waals surface area contributed by atoms with Gasteiger partial charge >= 0.3 is 17.8 Å². The van der Waals surface area contributed by atoms with Crippen molar-refractivity contribution in [2.45, 2.75) is 25.8 Å². The fourth-order valence-corrected chi connectivity index (χ4v) is 2.45. The minimum absolute atomic E-state index is 0.100. The first kappa shape index (κ1) is 15.0. The SMILES string of the molecule is CCOC(=O)C(=O)N1c2ccccc2CCC1C(=O)OC. The minimum Gasteiger partial charge on any atom is -0.467 e. The molecule has 1 aliphatic rings. The van der Waals surface area contributed by atoms with Gasteiger partial charge in [-0.1, -0.05) is 18.2 Å². The quantitative estimate of drug-likeness (QED) is 0.602. The van der Waals surface area contributed by atoms with Crippen LogP contribution >= 0.6 is 0 Å². The predicted octanol–water partition coefficient (Wildman–Crippen LogP) is 1.07. The van der Waals surface area contributed by atoms with E-state index in [1.807, 2.05) is 12.1 Å². The highest BCUT2D eigenvalue weighted by atomic mass is 16.5. The normalized spacial score (nSPS) is 16.9. The third kappa shape index (κ3) is 2.89. The van der Waals surface area contributed by atoms with Crippen LogP contribution < -0.4 is 4.90 Å². The fourth-order valence-electron chi connectivity index (χ4n) is 2.45. The Bertz CT molecular complexity index is 569. The maximum absolute atomic E-state index is 12.3. The number of para-hydroxylation sites is 1. The molecule has 0 radical (unpaired) electrons. The first-order valence-electron chi connectivity index (χ1n) is 6.76. The number of fused-ring (bicyclic) bond motifs is 1. The first-order valence-corrected chi connectivity index (χ1v) is 6.76. The second kappa shape index (κ2) is 6.39. The summed E-state index contributed by atoms with van der Waals surface area (Å²) in [5.74, 6) is -2.36. The Labute approximate surface area is 122 Å². The van der Waals surface area contributed by atoms with E-state index < -0.39 is 23.9 Å². The predicted molar refractivity (Wildman–Crippen MR) is 74.7 cm³/mol. The summed E-state index contributed by atoms with van der Waals surface area (Å²) in [6.45, 7) is 1.72. The van der Waals surface area contributed by atoms with E-state index in [0.717, 1.165) is 5.56 Å². The molecule has 1 heterocycles. The Balaban J connectivity index is 2.41. The summed E-state index contributed by atoms with van der Waals surface area (Å²) in [6, 6.07) is 6.38. The van der Waals surface area contributed by atoms with E-state index in [4.69, 9.17) is 9.47 Å².